The largest absolute Gasteiger partial charge is 0.481 e. The van der Waals surface area contributed by atoms with Crippen molar-refractivity contribution >= 4 is 11.9 Å². The van der Waals surface area contributed by atoms with Gasteiger partial charge in [0.05, 0.1) is 6.61 Å². The van der Waals surface area contributed by atoms with E-state index in [-0.39, 0.29) is 18.3 Å². The SMILES string of the molecule is CC(C)c1cccc(CCCOC(=O)CCC(C)c2cccc(CCC(=O)O)c2)c1. The summed E-state index contributed by atoms with van der Waals surface area (Å²) >= 11 is 0. The highest BCUT2D eigenvalue weighted by atomic mass is 16.5. The molecule has 0 aliphatic heterocycles. The van der Waals surface area contributed by atoms with E-state index >= 15 is 0 Å². The van der Waals surface area contributed by atoms with E-state index in [0.29, 0.717) is 25.4 Å². The molecule has 4 nitrogen and oxygen atoms in total. The monoisotopic (exact) mass is 410 g/mol. The van der Waals surface area contributed by atoms with Crippen molar-refractivity contribution in [1.29, 1.82) is 0 Å². The summed E-state index contributed by atoms with van der Waals surface area (Å²) in [4.78, 5) is 22.8. The fraction of sp³-hybridized carbons (Fsp3) is 0.462. The number of hydrogen-bond donors (Lipinski definition) is 1. The van der Waals surface area contributed by atoms with Crippen molar-refractivity contribution in [2.45, 2.75) is 71.1 Å². The zero-order valence-corrected chi connectivity index (χ0v) is 18.4. The van der Waals surface area contributed by atoms with Crippen molar-refractivity contribution in [1.82, 2.24) is 0 Å². The van der Waals surface area contributed by atoms with Crippen molar-refractivity contribution in [3.63, 3.8) is 0 Å². The maximum absolute atomic E-state index is 12.1. The van der Waals surface area contributed by atoms with Gasteiger partial charge in [0.15, 0.2) is 0 Å². The third-order valence-electron chi connectivity index (χ3n) is 5.42. The third kappa shape index (κ3) is 8.40. The van der Waals surface area contributed by atoms with Gasteiger partial charge < -0.3 is 9.84 Å². The van der Waals surface area contributed by atoms with Crippen LogP contribution in [-0.4, -0.2) is 23.7 Å². The molecule has 1 unspecified atom stereocenters. The van der Waals surface area contributed by atoms with Gasteiger partial charge in [-0.1, -0.05) is 69.3 Å². The number of carbonyl (C=O) groups excluding carboxylic acids is 1. The first-order chi connectivity index (χ1) is 14.3. The molecule has 30 heavy (non-hydrogen) atoms. The average Bonchev–Trinajstić information content (AvgIpc) is 2.74. The molecule has 2 aromatic carbocycles. The summed E-state index contributed by atoms with van der Waals surface area (Å²) < 4.78 is 5.41. The summed E-state index contributed by atoms with van der Waals surface area (Å²) in [5.74, 6) is -0.202. The van der Waals surface area contributed by atoms with E-state index in [1.807, 2.05) is 24.3 Å². The van der Waals surface area contributed by atoms with E-state index in [9.17, 15) is 9.59 Å². The molecule has 0 heterocycles. The Bertz CT molecular complexity index is 825. The molecule has 0 amide bonds. The van der Waals surface area contributed by atoms with Crippen LogP contribution >= 0.6 is 0 Å². The molecule has 0 radical (unpaired) electrons. The predicted octanol–water partition coefficient (Wildman–Crippen LogP) is 5.89. The lowest BCUT2D eigenvalue weighted by Gasteiger charge is -2.13. The Labute approximate surface area is 180 Å². The number of carboxylic acids is 1. The number of rotatable bonds is 12. The van der Waals surface area contributed by atoms with Crippen molar-refractivity contribution in [2.24, 2.45) is 0 Å². The standard InChI is InChI=1S/C26H34O4/c1-19(2)23-10-4-7-21(17-23)9-6-16-30-26(29)15-12-20(3)24-11-5-8-22(18-24)13-14-25(27)28/h4-5,7-8,10-11,17-20H,6,9,12-16H2,1-3H3,(H,27,28). The van der Waals surface area contributed by atoms with E-state index in [0.717, 1.165) is 30.4 Å². The quantitative estimate of drug-likeness (QED) is 0.350. The van der Waals surface area contributed by atoms with Gasteiger partial charge in [0, 0.05) is 12.8 Å². The van der Waals surface area contributed by atoms with Crippen LogP contribution in [0.25, 0.3) is 0 Å². The van der Waals surface area contributed by atoms with Crippen LogP contribution in [0.4, 0.5) is 0 Å². The second-order valence-electron chi connectivity index (χ2n) is 8.30. The van der Waals surface area contributed by atoms with Gasteiger partial charge in [-0.15, -0.1) is 0 Å². The van der Waals surface area contributed by atoms with Crippen LogP contribution < -0.4 is 0 Å². The number of hydrogen-bond acceptors (Lipinski definition) is 3. The van der Waals surface area contributed by atoms with Gasteiger partial charge in [0.25, 0.3) is 0 Å². The average molecular weight is 411 g/mol. The molecule has 0 bridgehead atoms. The molecule has 1 N–H and O–H groups in total. The minimum atomic E-state index is -0.788. The van der Waals surface area contributed by atoms with Crippen LogP contribution in [0.2, 0.25) is 0 Å². The van der Waals surface area contributed by atoms with Gasteiger partial charge in [-0.2, -0.15) is 0 Å². The summed E-state index contributed by atoms with van der Waals surface area (Å²) in [7, 11) is 0. The number of carboxylic acid groups (broad SMARTS) is 1. The van der Waals surface area contributed by atoms with Crippen LogP contribution in [0.1, 0.15) is 80.5 Å². The third-order valence-corrected chi connectivity index (χ3v) is 5.42. The molecule has 2 rings (SSSR count). The van der Waals surface area contributed by atoms with Gasteiger partial charge in [0.2, 0.25) is 0 Å². The Balaban J connectivity index is 1.70. The van der Waals surface area contributed by atoms with E-state index < -0.39 is 5.97 Å². The Hall–Kier alpha value is -2.62. The molecule has 162 valence electrons. The molecule has 0 aliphatic rings. The number of esters is 1. The van der Waals surface area contributed by atoms with Crippen LogP contribution in [-0.2, 0) is 27.2 Å². The summed E-state index contributed by atoms with van der Waals surface area (Å²) in [6.07, 6.45) is 3.51. The molecule has 4 heteroatoms. The Kier molecular flexibility index (Phi) is 9.59. The second-order valence-corrected chi connectivity index (χ2v) is 8.30. The van der Waals surface area contributed by atoms with Crippen LogP contribution in [0.3, 0.4) is 0 Å². The number of aryl methyl sites for hydroxylation is 2. The first-order valence-electron chi connectivity index (χ1n) is 10.9. The molecule has 2 aromatic rings. The molecule has 0 saturated carbocycles. The normalized spacial score (nSPS) is 12.0. The minimum Gasteiger partial charge on any atom is -0.481 e. The van der Waals surface area contributed by atoms with Crippen molar-refractivity contribution in [3.05, 3.63) is 70.8 Å². The Morgan fingerprint density at radius 1 is 0.900 bits per heavy atom. The fourth-order valence-electron chi connectivity index (χ4n) is 3.45. The number of benzene rings is 2. The lowest BCUT2D eigenvalue weighted by molar-refractivity contribution is -0.144. The molecule has 0 aromatic heterocycles. The fourth-order valence-corrected chi connectivity index (χ4v) is 3.45. The smallest absolute Gasteiger partial charge is 0.305 e. The van der Waals surface area contributed by atoms with Crippen molar-refractivity contribution in [2.75, 3.05) is 6.61 Å². The molecular formula is C26H34O4. The number of carbonyl (C=O) groups is 2. The van der Waals surface area contributed by atoms with Crippen molar-refractivity contribution in [3.8, 4) is 0 Å². The lowest BCUT2D eigenvalue weighted by Crippen LogP contribution is -2.08. The zero-order chi connectivity index (χ0) is 21.9. The lowest BCUT2D eigenvalue weighted by atomic mass is 9.94. The molecule has 0 spiro atoms. The molecule has 0 fully saturated rings. The topological polar surface area (TPSA) is 63.6 Å². The summed E-state index contributed by atoms with van der Waals surface area (Å²) in [6.45, 7) is 6.91. The second kappa shape index (κ2) is 12.2. The predicted molar refractivity (Wildman–Crippen MR) is 120 cm³/mol. The van der Waals surface area contributed by atoms with Gasteiger partial charge in [-0.05, 0) is 59.8 Å². The molecular weight excluding hydrogens is 376 g/mol. The molecule has 0 aliphatic carbocycles. The van der Waals surface area contributed by atoms with Gasteiger partial charge in [-0.3, -0.25) is 9.59 Å². The zero-order valence-electron chi connectivity index (χ0n) is 18.4. The van der Waals surface area contributed by atoms with Gasteiger partial charge >= 0.3 is 11.9 Å². The molecule has 1 atom stereocenters. The first-order valence-corrected chi connectivity index (χ1v) is 10.9. The van der Waals surface area contributed by atoms with Crippen LogP contribution in [0, 0.1) is 0 Å². The first kappa shape index (κ1) is 23.7. The summed E-state index contributed by atoms with van der Waals surface area (Å²) in [6, 6.07) is 16.6. The Morgan fingerprint density at radius 3 is 2.20 bits per heavy atom. The van der Waals surface area contributed by atoms with E-state index in [4.69, 9.17) is 9.84 Å². The van der Waals surface area contributed by atoms with Gasteiger partial charge in [0.1, 0.15) is 0 Å². The van der Waals surface area contributed by atoms with Crippen molar-refractivity contribution < 1.29 is 19.4 Å². The summed E-state index contributed by atoms with van der Waals surface area (Å²) in [5.41, 5.74) is 4.78. The van der Waals surface area contributed by atoms with E-state index in [1.54, 1.807) is 0 Å². The van der Waals surface area contributed by atoms with E-state index in [1.165, 1.54) is 11.1 Å². The Morgan fingerprint density at radius 2 is 1.53 bits per heavy atom. The van der Waals surface area contributed by atoms with E-state index in [2.05, 4.69) is 45.0 Å². The highest BCUT2D eigenvalue weighted by Gasteiger charge is 2.11. The van der Waals surface area contributed by atoms with Gasteiger partial charge in [-0.25, -0.2) is 0 Å². The maximum atomic E-state index is 12.1. The van der Waals surface area contributed by atoms with Crippen LogP contribution in [0.15, 0.2) is 48.5 Å². The molecule has 0 saturated heterocycles. The highest BCUT2D eigenvalue weighted by Crippen LogP contribution is 2.22. The summed E-state index contributed by atoms with van der Waals surface area (Å²) in [5, 5.41) is 8.83. The van der Waals surface area contributed by atoms with Crippen LogP contribution in [0.5, 0.6) is 0 Å². The minimum absolute atomic E-state index is 0.131. The number of aliphatic carboxylic acids is 1. The number of ether oxygens (including phenoxy) is 1. The maximum Gasteiger partial charge on any atom is 0.305 e. The highest BCUT2D eigenvalue weighted by molar-refractivity contribution is 5.69.